The lowest BCUT2D eigenvalue weighted by atomic mass is 9.96. The Balaban J connectivity index is 2.17. The first-order valence-electron chi connectivity index (χ1n) is 6.34. The van der Waals surface area contributed by atoms with Gasteiger partial charge in [0.1, 0.15) is 0 Å². The standard InChI is InChI=1S/C16H14ClN3/c17-13-6-3-5-11(8-13)16(20-18)15-10-19-9-12-4-1-2-7-14(12)15/h1-10,16,20H,18H2. The van der Waals surface area contributed by atoms with Crippen LogP contribution in [-0.2, 0) is 0 Å². The Bertz CT molecular complexity index is 737. The molecule has 3 aromatic rings. The predicted molar refractivity (Wildman–Crippen MR) is 82.4 cm³/mol. The molecule has 0 aliphatic rings. The Morgan fingerprint density at radius 2 is 1.90 bits per heavy atom. The van der Waals surface area contributed by atoms with E-state index < -0.39 is 0 Å². The van der Waals surface area contributed by atoms with Crippen molar-refractivity contribution in [2.75, 3.05) is 0 Å². The van der Waals surface area contributed by atoms with E-state index in [4.69, 9.17) is 17.4 Å². The first-order valence-corrected chi connectivity index (χ1v) is 6.71. The highest BCUT2D eigenvalue weighted by molar-refractivity contribution is 6.30. The highest BCUT2D eigenvalue weighted by Crippen LogP contribution is 2.28. The van der Waals surface area contributed by atoms with E-state index in [9.17, 15) is 0 Å². The number of halogens is 1. The highest BCUT2D eigenvalue weighted by atomic mass is 35.5. The summed E-state index contributed by atoms with van der Waals surface area (Å²) in [5.74, 6) is 5.76. The summed E-state index contributed by atoms with van der Waals surface area (Å²) in [6, 6.07) is 15.6. The summed E-state index contributed by atoms with van der Waals surface area (Å²) in [5, 5.41) is 2.91. The van der Waals surface area contributed by atoms with E-state index in [1.54, 1.807) is 0 Å². The van der Waals surface area contributed by atoms with Crippen molar-refractivity contribution in [3.63, 3.8) is 0 Å². The zero-order valence-corrected chi connectivity index (χ0v) is 11.5. The van der Waals surface area contributed by atoms with Gasteiger partial charge in [0, 0.05) is 28.4 Å². The van der Waals surface area contributed by atoms with Gasteiger partial charge in [0.15, 0.2) is 0 Å². The summed E-state index contributed by atoms with van der Waals surface area (Å²) in [7, 11) is 0. The molecule has 0 amide bonds. The number of nitrogens with two attached hydrogens (primary N) is 1. The van der Waals surface area contributed by atoms with Crippen LogP contribution in [0, 0.1) is 0 Å². The summed E-state index contributed by atoms with van der Waals surface area (Å²) in [6.45, 7) is 0. The Kier molecular flexibility index (Phi) is 3.65. The summed E-state index contributed by atoms with van der Waals surface area (Å²) in [5.41, 5.74) is 4.90. The van der Waals surface area contributed by atoms with Gasteiger partial charge in [-0.3, -0.25) is 10.8 Å². The minimum atomic E-state index is -0.146. The average Bonchev–Trinajstić information content (AvgIpc) is 2.48. The number of nitrogens with one attached hydrogen (secondary N) is 1. The van der Waals surface area contributed by atoms with E-state index in [2.05, 4.69) is 16.5 Å². The zero-order chi connectivity index (χ0) is 13.9. The fourth-order valence-electron chi connectivity index (χ4n) is 2.42. The molecular formula is C16H14ClN3. The van der Waals surface area contributed by atoms with Crippen LogP contribution in [-0.4, -0.2) is 4.98 Å². The van der Waals surface area contributed by atoms with Crippen LogP contribution in [0.2, 0.25) is 5.02 Å². The number of aromatic nitrogens is 1. The molecule has 0 saturated heterocycles. The summed E-state index contributed by atoms with van der Waals surface area (Å²) in [4.78, 5) is 4.30. The van der Waals surface area contributed by atoms with Gasteiger partial charge in [-0.25, -0.2) is 5.43 Å². The van der Waals surface area contributed by atoms with Crippen LogP contribution in [0.25, 0.3) is 10.8 Å². The maximum Gasteiger partial charge on any atom is 0.0731 e. The van der Waals surface area contributed by atoms with Crippen LogP contribution in [0.3, 0.4) is 0 Å². The molecule has 0 aliphatic carbocycles. The molecule has 3 nitrogen and oxygen atoms in total. The molecule has 0 bridgehead atoms. The third-order valence-electron chi connectivity index (χ3n) is 3.36. The van der Waals surface area contributed by atoms with Gasteiger partial charge in [-0.15, -0.1) is 0 Å². The lowest BCUT2D eigenvalue weighted by Crippen LogP contribution is -2.29. The van der Waals surface area contributed by atoms with Crippen molar-refractivity contribution in [2.24, 2.45) is 5.84 Å². The summed E-state index contributed by atoms with van der Waals surface area (Å²) >= 11 is 6.07. The van der Waals surface area contributed by atoms with Crippen molar-refractivity contribution in [2.45, 2.75) is 6.04 Å². The minimum absolute atomic E-state index is 0.146. The molecule has 3 N–H and O–H groups in total. The quantitative estimate of drug-likeness (QED) is 0.572. The summed E-state index contributed by atoms with van der Waals surface area (Å²) < 4.78 is 0. The molecular weight excluding hydrogens is 270 g/mol. The third-order valence-corrected chi connectivity index (χ3v) is 3.59. The van der Waals surface area contributed by atoms with E-state index in [0.29, 0.717) is 5.02 Å². The van der Waals surface area contributed by atoms with Gasteiger partial charge in [0.2, 0.25) is 0 Å². The highest BCUT2D eigenvalue weighted by Gasteiger charge is 2.15. The second kappa shape index (κ2) is 5.59. The van der Waals surface area contributed by atoms with E-state index in [-0.39, 0.29) is 6.04 Å². The molecule has 0 radical (unpaired) electrons. The molecule has 1 aromatic heterocycles. The monoisotopic (exact) mass is 283 g/mol. The van der Waals surface area contributed by atoms with Crippen molar-refractivity contribution in [1.82, 2.24) is 10.4 Å². The predicted octanol–water partition coefficient (Wildman–Crippen LogP) is 3.44. The van der Waals surface area contributed by atoms with E-state index >= 15 is 0 Å². The van der Waals surface area contributed by atoms with Gasteiger partial charge in [-0.05, 0) is 23.1 Å². The maximum absolute atomic E-state index is 6.07. The Morgan fingerprint density at radius 1 is 1.05 bits per heavy atom. The van der Waals surface area contributed by atoms with Gasteiger partial charge in [0.25, 0.3) is 0 Å². The number of hydrogen-bond donors (Lipinski definition) is 2. The Labute approximate surface area is 122 Å². The SMILES string of the molecule is NNC(c1cccc(Cl)c1)c1cncc2ccccc12. The lowest BCUT2D eigenvalue weighted by molar-refractivity contribution is 0.639. The second-order valence-corrected chi connectivity index (χ2v) is 5.04. The zero-order valence-electron chi connectivity index (χ0n) is 10.8. The molecule has 20 heavy (non-hydrogen) atoms. The molecule has 2 aromatic carbocycles. The number of benzene rings is 2. The molecule has 1 atom stereocenters. The van der Waals surface area contributed by atoms with Crippen molar-refractivity contribution in [3.05, 3.63) is 77.1 Å². The van der Waals surface area contributed by atoms with Crippen molar-refractivity contribution in [3.8, 4) is 0 Å². The largest absolute Gasteiger partial charge is 0.271 e. The van der Waals surface area contributed by atoms with Gasteiger partial charge in [-0.2, -0.15) is 0 Å². The van der Waals surface area contributed by atoms with Crippen LogP contribution in [0.15, 0.2) is 60.9 Å². The van der Waals surface area contributed by atoms with Gasteiger partial charge in [-0.1, -0.05) is 48.0 Å². The van der Waals surface area contributed by atoms with Crippen LogP contribution in [0.4, 0.5) is 0 Å². The van der Waals surface area contributed by atoms with Crippen LogP contribution >= 0.6 is 11.6 Å². The first kappa shape index (κ1) is 13.1. The lowest BCUT2D eigenvalue weighted by Gasteiger charge is -2.18. The Hall–Kier alpha value is -1.94. The molecule has 0 aliphatic heterocycles. The van der Waals surface area contributed by atoms with Crippen LogP contribution < -0.4 is 11.3 Å². The molecule has 0 saturated carbocycles. The second-order valence-electron chi connectivity index (χ2n) is 4.60. The van der Waals surface area contributed by atoms with E-state index in [0.717, 1.165) is 21.9 Å². The van der Waals surface area contributed by atoms with Crippen LogP contribution in [0.5, 0.6) is 0 Å². The van der Waals surface area contributed by atoms with E-state index in [1.807, 2.05) is 54.9 Å². The minimum Gasteiger partial charge on any atom is -0.271 e. The Morgan fingerprint density at radius 3 is 2.70 bits per heavy atom. The first-order chi connectivity index (χ1) is 9.79. The topological polar surface area (TPSA) is 50.9 Å². The number of hydrogen-bond acceptors (Lipinski definition) is 3. The van der Waals surface area contributed by atoms with Gasteiger partial charge < -0.3 is 0 Å². The van der Waals surface area contributed by atoms with Crippen molar-refractivity contribution >= 4 is 22.4 Å². The number of pyridine rings is 1. The molecule has 0 spiro atoms. The van der Waals surface area contributed by atoms with Gasteiger partial charge >= 0.3 is 0 Å². The van der Waals surface area contributed by atoms with Crippen molar-refractivity contribution < 1.29 is 0 Å². The molecule has 100 valence electrons. The molecule has 0 fully saturated rings. The fraction of sp³-hybridized carbons (Fsp3) is 0.0625. The number of nitrogens with zero attached hydrogens (tertiary/aromatic N) is 1. The maximum atomic E-state index is 6.07. The molecule has 1 unspecified atom stereocenters. The number of rotatable bonds is 3. The summed E-state index contributed by atoms with van der Waals surface area (Å²) in [6.07, 6.45) is 3.69. The molecule has 3 rings (SSSR count). The van der Waals surface area contributed by atoms with E-state index in [1.165, 1.54) is 0 Å². The smallest absolute Gasteiger partial charge is 0.0731 e. The normalized spacial score (nSPS) is 12.5. The van der Waals surface area contributed by atoms with Crippen LogP contribution in [0.1, 0.15) is 17.2 Å². The third kappa shape index (κ3) is 2.39. The molecule has 1 heterocycles. The molecule has 4 heteroatoms. The fourth-order valence-corrected chi connectivity index (χ4v) is 2.62. The van der Waals surface area contributed by atoms with Crippen molar-refractivity contribution in [1.29, 1.82) is 0 Å². The number of hydrazine groups is 1. The average molecular weight is 284 g/mol. The number of fused-ring (bicyclic) bond motifs is 1. The van der Waals surface area contributed by atoms with Gasteiger partial charge in [0.05, 0.1) is 6.04 Å².